The average molecular weight is 420 g/mol. The fraction of sp³-hybridized carbons (Fsp3) is 0.167. The second kappa shape index (κ2) is 11.3. The molecule has 7 nitrogen and oxygen atoms in total. The molecule has 0 bridgehead atoms. The van der Waals surface area contributed by atoms with Crippen molar-refractivity contribution in [2.45, 2.75) is 13.5 Å². The highest BCUT2D eigenvalue weighted by Crippen LogP contribution is 2.17. The lowest BCUT2D eigenvalue weighted by Gasteiger charge is -2.10. The second-order valence-corrected chi connectivity index (χ2v) is 6.49. The van der Waals surface area contributed by atoms with E-state index in [0.717, 1.165) is 17.1 Å². The maximum atomic E-state index is 12.2. The molecule has 0 saturated heterocycles. The number of ether oxygens (including phenoxy) is 3. The first-order valence-electron chi connectivity index (χ1n) is 9.85. The minimum absolute atomic E-state index is 0.232. The Hall–Kier alpha value is -4.00. The standard InChI is InChI=1S/C24H24N2O5/c1-2-29-21-12-14-22(15-13-21)31-17-23(27)25-26-24(28)19-10-8-18(9-11-19)16-30-20-6-4-3-5-7-20/h3-15H,2,16-17H2,1H3,(H,25,27)(H,26,28). The van der Waals surface area contributed by atoms with Gasteiger partial charge in [-0.2, -0.15) is 0 Å². The number of amides is 2. The van der Waals surface area contributed by atoms with Gasteiger partial charge in [-0.1, -0.05) is 30.3 Å². The van der Waals surface area contributed by atoms with E-state index in [2.05, 4.69) is 10.9 Å². The van der Waals surface area contributed by atoms with Crippen LogP contribution >= 0.6 is 0 Å². The number of hydrazine groups is 1. The molecule has 0 radical (unpaired) electrons. The zero-order valence-electron chi connectivity index (χ0n) is 17.2. The molecule has 0 aliphatic rings. The Morgan fingerprint density at radius 2 is 1.32 bits per heavy atom. The molecule has 0 heterocycles. The molecule has 3 rings (SSSR count). The first kappa shape index (κ1) is 21.7. The van der Waals surface area contributed by atoms with Gasteiger partial charge in [-0.25, -0.2) is 0 Å². The van der Waals surface area contributed by atoms with E-state index in [4.69, 9.17) is 14.2 Å². The summed E-state index contributed by atoms with van der Waals surface area (Å²) in [6.07, 6.45) is 0. The third-order valence-electron chi connectivity index (χ3n) is 4.18. The molecule has 7 heteroatoms. The van der Waals surface area contributed by atoms with E-state index in [0.29, 0.717) is 24.5 Å². The monoisotopic (exact) mass is 420 g/mol. The number of carbonyl (C=O) groups excluding carboxylic acids is 2. The highest BCUT2D eigenvalue weighted by atomic mass is 16.5. The number of hydrogen-bond donors (Lipinski definition) is 2. The van der Waals surface area contributed by atoms with Gasteiger partial charge < -0.3 is 14.2 Å². The van der Waals surface area contributed by atoms with Crippen molar-refractivity contribution in [3.8, 4) is 17.2 Å². The Balaban J connectivity index is 1.39. The smallest absolute Gasteiger partial charge is 0.276 e. The van der Waals surface area contributed by atoms with Crippen molar-refractivity contribution in [3.63, 3.8) is 0 Å². The lowest BCUT2D eigenvalue weighted by atomic mass is 10.1. The van der Waals surface area contributed by atoms with Gasteiger partial charge in [-0.05, 0) is 61.0 Å². The van der Waals surface area contributed by atoms with Crippen molar-refractivity contribution in [2.75, 3.05) is 13.2 Å². The highest BCUT2D eigenvalue weighted by Gasteiger charge is 2.08. The van der Waals surface area contributed by atoms with Crippen molar-refractivity contribution in [2.24, 2.45) is 0 Å². The van der Waals surface area contributed by atoms with E-state index in [-0.39, 0.29) is 6.61 Å². The fourth-order valence-corrected chi connectivity index (χ4v) is 2.62. The first-order chi connectivity index (χ1) is 15.1. The van der Waals surface area contributed by atoms with E-state index < -0.39 is 11.8 Å². The average Bonchev–Trinajstić information content (AvgIpc) is 2.82. The molecule has 2 N–H and O–H groups in total. The van der Waals surface area contributed by atoms with E-state index in [1.54, 1.807) is 48.5 Å². The third-order valence-corrected chi connectivity index (χ3v) is 4.18. The molecule has 160 valence electrons. The summed E-state index contributed by atoms with van der Waals surface area (Å²) in [7, 11) is 0. The summed E-state index contributed by atoms with van der Waals surface area (Å²) in [6.45, 7) is 2.64. The molecule has 2 amide bonds. The van der Waals surface area contributed by atoms with Gasteiger partial charge in [-0.3, -0.25) is 20.4 Å². The predicted molar refractivity (Wildman–Crippen MR) is 116 cm³/mol. The number of carbonyl (C=O) groups is 2. The fourth-order valence-electron chi connectivity index (χ4n) is 2.62. The van der Waals surface area contributed by atoms with Gasteiger partial charge in [0.25, 0.3) is 11.8 Å². The minimum Gasteiger partial charge on any atom is -0.494 e. The van der Waals surface area contributed by atoms with Crippen LogP contribution in [0.2, 0.25) is 0 Å². The molecule has 0 aliphatic carbocycles. The molecule has 3 aromatic carbocycles. The van der Waals surface area contributed by atoms with Gasteiger partial charge in [0.2, 0.25) is 0 Å². The summed E-state index contributed by atoms with van der Waals surface area (Å²) in [4.78, 5) is 24.1. The van der Waals surface area contributed by atoms with Crippen LogP contribution in [0.25, 0.3) is 0 Å². The van der Waals surface area contributed by atoms with Crippen LogP contribution in [0.3, 0.4) is 0 Å². The summed E-state index contributed by atoms with van der Waals surface area (Å²) in [6, 6.07) is 23.4. The number of benzene rings is 3. The van der Waals surface area contributed by atoms with Crippen molar-refractivity contribution in [1.29, 1.82) is 0 Å². The van der Waals surface area contributed by atoms with Crippen LogP contribution < -0.4 is 25.1 Å². The lowest BCUT2D eigenvalue weighted by molar-refractivity contribution is -0.123. The number of para-hydroxylation sites is 1. The summed E-state index contributed by atoms with van der Waals surface area (Å²) in [5.74, 6) is 1.13. The van der Waals surface area contributed by atoms with E-state index in [9.17, 15) is 9.59 Å². The number of rotatable bonds is 9. The summed E-state index contributed by atoms with van der Waals surface area (Å²) >= 11 is 0. The second-order valence-electron chi connectivity index (χ2n) is 6.49. The molecule has 0 unspecified atom stereocenters. The van der Waals surface area contributed by atoms with Crippen LogP contribution in [0, 0.1) is 0 Å². The predicted octanol–water partition coefficient (Wildman–Crippen LogP) is 3.50. The van der Waals surface area contributed by atoms with E-state index >= 15 is 0 Å². The number of nitrogens with one attached hydrogen (secondary N) is 2. The van der Waals surface area contributed by atoms with Crippen molar-refractivity contribution >= 4 is 11.8 Å². The van der Waals surface area contributed by atoms with Crippen molar-refractivity contribution in [1.82, 2.24) is 10.9 Å². The molecule has 0 saturated carbocycles. The van der Waals surface area contributed by atoms with Crippen molar-refractivity contribution in [3.05, 3.63) is 90.0 Å². The van der Waals surface area contributed by atoms with Crippen LogP contribution in [-0.2, 0) is 11.4 Å². The Kier molecular flexibility index (Phi) is 7.88. The van der Waals surface area contributed by atoms with Crippen LogP contribution in [0.5, 0.6) is 17.2 Å². The Bertz CT molecular complexity index is 973. The molecular weight excluding hydrogens is 396 g/mol. The first-order valence-corrected chi connectivity index (χ1v) is 9.85. The van der Waals surface area contributed by atoms with Crippen LogP contribution in [0.15, 0.2) is 78.9 Å². The van der Waals surface area contributed by atoms with Gasteiger partial charge in [0.05, 0.1) is 6.61 Å². The highest BCUT2D eigenvalue weighted by molar-refractivity contribution is 5.95. The topological polar surface area (TPSA) is 85.9 Å². The van der Waals surface area contributed by atoms with Gasteiger partial charge in [0.15, 0.2) is 6.61 Å². The molecular formula is C24H24N2O5. The normalized spacial score (nSPS) is 10.1. The maximum absolute atomic E-state index is 12.2. The minimum atomic E-state index is -0.477. The molecule has 3 aromatic rings. The largest absolute Gasteiger partial charge is 0.494 e. The Morgan fingerprint density at radius 1 is 0.710 bits per heavy atom. The van der Waals surface area contributed by atoms with Gasteiger partial charge in [0.1, 0.15) is 23.9 Å². The van der Waals surface area contributed by atoms with E-state index in [1.807, 2.05) is 37.3 Å². The molecule has 0 spiro atoms. The summed E-state index contributed by atoms with van der Waals surface area (Å²) in [5.41, 5.74) is 6.04. The Morgan fingerprint density at radius 3 is 1.97 bits per heavy atom. The molecule has 0 aliphatic heterocycles. The summed E-state index contributed by atoms with van der Waals surface area (Å²) < 4.78 is 16.4. The van der Waals surface area contributed by atoms with Crippen LogP contribution in [-0.4, -0.2) is 25.0 Å². The Labute approximate surface area is 180 Å². The zero-order valence-corrected chi connectivity index (χ0v) is 17.2. The van der Waals surface area contributed by atoms with Crippen LogP contribution in [0.4, 0.5) is 0 Å². The summed E-state index contributed by atoms with van der Waals surface area (Å²) in [5, 5.41) is 0. The lowest BCUT2D eigenvalue weighted by Crippen LogP contribution is -2.43. The van der Waals surface area contributed by atoms with Gasteiger partial charge in [0, 0.05) is 5.56 Å². The molecule has 0 aromatic heterocycles. The third kappa shape index (κ3) is 7.08. The quantitative estimate of drug-likeness (QED) is 0.518. The maximum Gasteiger partial charge on any atom is 0.276 e. The zero-order chi connectivity index (χ0) is 21.9. The number of hydrogen-bond acceptors (Lipinski definition) is 5. The molecule has 0 fully saturated rings. The van der Waals surface area contributed by atoms with Gasteiger partial charge >= 0.3 is 0 Å². The SMILES string of the molecule is CCOc1ccc(OCC(=O)NNC(=O)c2ccc(COc3ccccc3)cc2)cc1. The van der Waals surface area contributed by atoms with E-state index in [1.165, 1.54) is 0 Å². The van der Waals surface area contributed by atoms with Crippen molar-refractivity contribution < 1.29 is 23.8 Å². The van der Waals surface area contributed by atoms with Gasteiger partial charge in [-0.15, -0.1) is 0 Å². The molecule has 31 heavy (non-hydrogen) atoms. The van der Waals surface area contributed by atoms with Crippen LogP contribution in [0.1, 0.15) is 22.8 Å². The molecule has 0 atom stereocenters.